The minimum atomic E-state index is -0.0909. The Labute approximate surface area is 161 Å². The molecule has 0 aliphatic carbocycles. The summed E-state index contributed by atoms with van der Waals surface area (Å²) in [4.78, 5) is 18.9. The normalized spacial score (nSPS) is 18.1. The third-order valence-electron chi connectivity index (χ3n) is 5.20. The van der Waals surface area contributed by atoms with Crippen molar-refractivity contribution in [3.8, 4) is 22.9 Å². The van der Waals surface area contributed by atoms with Gasteiger partial charge in [-0.25, -0.2) is 0 Å². The van der Waals surface area contributed by atoms with Crippen LogP contribution in [0.5, 0.6) is 11.5 Å². The maximum absolute atomic E-state index is 12.5. The van der Waals surface area contributed by atoms with Crippen LogP contribution in [-0.2, 0) is 11.3 Å². The number of rotatable bonds is 4. The molecule has 3 heterocycles. The molecule has 2 aromatic carbocycles. The Hall–Kier alpha value is -3.35. The lowest BCUT2D eigenvalue weighted by molar-refractivity contribution is -0.128. The summed E-state index contributed by atoms with van der Waals surface area (Å²) in [5.74, 6) is 2.53. The van der Waals surface area contributed by atoms with E-state index in [1.807, 2.05) is 54.3 Å². The molecule has 1 aromatic heterocycles. The van der Waals surface area contributed by atoms with Gasteiger partial charge >= 0.3 is 0 Å². The van der Waals surface area contributed by atoms with Crippen LogP contribution >= 0.6 is 0 Å². The fourth-order valence-electron chi connectivity index (χ4n) is 3.68. The number of ether oxygens (including phenoxy) is 2. The van der Waals surface area contributed by atoms with Crippen molar-refractivity contribution in [1.29, 1.82) is 0 Å². The molecule has 3 aromatic rings. The molecular formula is C21H19N3O4. The molecule has 28 heavy (non-hydrogen) atoms. The molecule has 1 atom stereocenters. The number of carbonyl (C=O) groups excluding carboxylic acids is 1. The second kappa shape index (κ2) is 6.67. The number of hydrogen-bond donors (Lipinski definition) is 0. The number of fused-ring (bicyclic) bond motifs is 1. The first-order valence-corrected chi connectivity index (χ1v) is 9.23. The first-order valence-electron chi connectivity index (χ1n) is 9.23. The Bertz CT molecular complexity index is 1050. The molecular weight excluding hydrogens is 358 g/mol. The van der Waals surface area contributed by atoms with Crippen molar-refractivity contribution in [3.05, 3.63) is 59.5 Å². The summed E-state index contributed by atoms with van der Waals surface area (Å²) in [6.07, 6.45) is 0.375. The van der Waals surface area contributed by atoms with Crippen LogP contribution in [0.1, 0.15) is 29.4 Å². The van der Waals surface area contributed by atoms with E-state index in [1.165, 1.54) is 0 Å². The van der Waals surface area contributed by atoms with Crippen molar-refractivity contribution in [1.82, 2.24) is 15.0 Å². The molecule has 2 aliphatic heterocycles. The van der Waals surface area contributed by atoms with Gasteiger partial charge in [-0.2, -0.15) is 4.98 Å². The number of nitrogens with zero attached hydrogens (tertiary/aromatic N) is 3. The lowest BCUT2D eigenvalue weighted by atomic mass is 10.1. The number of aryl methyl sites for hydroxylation is 1. The molecule has 0 spiro atoms. The molecule has 1 fully saturated rings. The van der Waals surface area contributed by atoms with E-state index in [0.717, 1.165) is 28.2 Å². The number of aromatic nitrogens is 2. The smallest absolute Gasteiger partial charge is 0.232 e. The Morgan fingerprint density at radius 1 is 1.14 bits per heavy atom. The fraction of sp³-hybridized carbons (Fsp3) is 0.286. The fourth-order valence-corrected chi connectivity index (χ4v) is 3.68. The second-order valence-electron chi connectivity index (χ2n) is 7.13. The van der Waals surface area contributed by atoms with Gasteiger partial charge in [-0.3, -0.25) is 4.79 Å². The van der Waals surface area contributed by atoms with Gasteiger partial charge < -0.3 is 18.9 Å². The molecule has 0 saturated carbocycles. The van der Waals surface area contributed by atoms with E-state index >= 15 is 0 Å². The molecule has 0 bridgehead atoms. The molecule has 0 N–H and O–H groups in total. The van der Waals surface area contributed by atoms with Crippen LogP contribution in [0.15, 0.2) is 47.0 Å². The zero-order chi connectivity index (χ0) is 19.1. The van der Waals surface area contributed by atoms with E-state index < -0.39 is 0 Å². The molecule has 1 amide bonds. The van der Waals surface area contributed by atoms with Gasteiger partial charge in [-0.05, 0) is 30.2 Å². The summed E-state index contributed by atoms with van der Waals surface area (Å²) in [7, 11) is 0. The van der Waals surface area contributed by atoms with Crippen molar-refractivity contribution >= 4 is 5.91 Å². The molecule has 2 aliphatic rings. The van der Waals surface area contributed by atoms with Crippen LogP contribution in [-0.4, -0.2) is 34.3 Å². The van der Waals surface area contributed by atoms with Crippen LogP contribution in [0, 0.1) is 6.92 Å². The summed E-state index contributed by atoms with van der Waals surface area (Å²) < 4.78 is 16.2. The molecule has 7 heteroatoms. The number of carbonyl (C=O) groups is 1. The largest absolute Gasteiger partial charge is 0.454 e. The van der Waals surface area contributed by atoms with E-state index in [9.17, 15) is 4.79 Å². The highest BCUT2D eigenvalue weighted by Gasteiger charge is 2.34. The second-order valence-corrected chi connectivity index (χ2v) is 7.13. The van der Waals surface area contributed by atoms with Crippen LogP contribution in [0.4, 0.5) is 0 Å². The first kappa shape index (κ1) is 16.8. The Kier molecular flexibility index (Phi) is 4.00. The lowest BCUT2D eigenvalue weighted by Crippen LogP contribution is -2.24. The van der Waals surface area contributed by atoms with Gasteiger partial charge in [0.15, 0.2) is 11.5 Å². The minimum Gasteiger partial charge on any atom is -0.454 e. The highest BCUT2D eigenvalue weighted by atomic mass is 16.7. The van der Waals surface area contributed by atoms with Crippen molar-refractivity contribution < 1.29 is 18.8 Å². The van der Waals surface area contributed by atoms with Crippen molar-refractivity contribution in [2.45, 2.75) is 25.8 Å². The van der Waals surface area contributed by atoms with Gasteiger partial charge in [0.25, 0.3) is 0 Å². The van der Waals surface area contributed by atoms with E-state index in [2.05, 4.69) is 10.1 Å². The van der Waals surface area contributed by atoms with Crippen molar-refractivity contribution in [3.63, 3.8) is 0 Å². The van der Waals surface area contributed by atoms with Crippen LogP contribution in [0.25, 0.3) is 11.4 Å². The average molecular weight is 377 g/mol. The summed E-state index contributed by atoms with van der Waals surface area (Å²) in [5, 5.41) is 4.12. The van der Waals surface area contributed by atoms with Crippen molar-refractivity contribution in [2.24, 2.45) is 0 Å². The quantitative estimate of drug-likeness (QED) is 0.694. The van der Waals surface area contributed by atoms with Gasteiger partial charge in [-0.1, -0.05) is 35.5 Å². The zero-order valence-corrected chi connectivity index (χ0v) is 15.4. The number of likely N-dealkylation sites (tertiary alicyclic amines) is 1. The third kappa shape index (κ3) is 2.98. The van der Waals surface area contributed by atoms with Gasteiger partial charge in [0.05, 0.1) is 5.92 Å². The van der Waals surface area contributed by atoms with Gasteiger partial charge in [0, 0.05) is 25.1 Å². The topological polar surface area (TPSA) is 77.7 Å². The summed E-state index contributed by atoms with van der Waals surface area (Å²) in [5.41, 5.74) is 3.03. The summed E-state index contributed by atoms with van der Waals surface area (Å²) >= 11 is 0. The van der Waals surface area contributed by atoms with Crippen molar-refractivity contribution in [2.75, 3.05) is 13.3 Å². The molecule has 0 radical (unpaired) electrons. The highest BCUT2D eigenvalue weighted by Crippen LogP contribution is 2.34. The maximum atomic E-state index is 12.5. The first-order chi connectivity index (χ1) is 13.7. The minimum absolute atomic E-state index is 0.0818. The monoisotopic (exact) mass is 377 g/mol. The van der Waals surface area contributed by atoms with E-state index in [0.29, 0.717) is 31.2 Å². The predicted octanol–water partition coefficient (Wildman–Crippen LogP) is 3.29. The number of benzene rings is 2. The van der Waals surface area contributed by atoms with Crippen LogP contribution in [0.2, 0.25) is 0 Å². The van der Waals surface area contributed by atoms with Gasteiger partial charge in [-0.15, -0.1) is 0 Å². The number of hydrogen-bond acceptors (Lipinski definition) is 6. The lowest BCUT2D eigenvalue weighted by Gasteiger charge is -2.16. The third-order valence-corrected chi connectivity index (χ3v) is 5.20. The zero-order valence-electron chi connectivity index (χ0n) is 15.4. The number of amides is 1. The molecule has 1 unspecified atom stereocenters. The Balaban J connectivity index is 1.31. The SMILES string of the molecule is Cc1ccccc1-c1noc(C2CC(=O)N(Cc3ccc4c(c3)OCO4)C2)n1. The summed E-state index contributed by atoms with van der Waals surface area (Å²) in [6.45, 7) is 3.33. The highest BCUT2D eigenvalue weighted by molar-refractivity contribution is 5.79. The van der Waals surface area contributed by atoms with Gasteiger partial charge in [0.1, 0.15) is 0 Å². The average Bonchev–Trinajstić information content (AvgIpc) is 3.42. The molecule has 7 nitrogen and oxygen atoms in total. The molecule has 142 valence electrons. The van der Waals surface area contributed by atoms with Gasteiger partial charge in [0.2, 0.25) is 24.4 Å². The predicted molar refractivity (Wildman–Crippen MR) is 99.8 cm³/mol. The standard InChI is InChI=1S/C21H19N3O4/c1-13-4-2-3-5-16(13)20-22-21(28-23-20)15-9-19(25)24(11-15)10-14-6-7-17-18(8-14)27-12-26-17/h2-8,15H,9-12H2,1H3. The van der Waals surface area contributed by atoms with Crippen LogP contribution in [0.3, 0.4) is 0 Å². The van der Waals surface area contributed by atoms with E-state index in [1.54, 1.807) is 0 Å². The van der Waals surface area contributed by atoms with Crippen LogP contribution < -0.4 is 9.47 Å². The summed E-state index contributed by atoms with van der Waals surface area (Å²) in [6, 6.07) is 13.7. The van der Waals surface area contributed by atoms with E-state index in [4.69, 9.17) is 14.0 Å². The maximum Gasteiger partial charge on any atom is 0.232 e. The molecule has 1 saturated heterocycles. The molecule has 5 rings (SSSR count). The van der Waals surface area contributed by atoms with E-state index in [-0.39, 0.29) is 18.6 Å². The Morgan fingerprint density at radius 3 is 2.89 bits per heavy atom. The Morgan fingerprint density at radius 2 is 2.00 bits per heavy atom.